The van der Waals surface area contributed by atoms with Crippen molar-refractivity contribution in [3.05, 3.63) is 133 Å². The van der Waals surface area contributed by atoms with Crippen LogP contribution in [0.5, 0.6) is 0 Å². The fourth-order valence-electron chi connectivity index (χ4n) is 9.05. The zero-order valence-corrected chi connectivity index (χ0v) is 32.5. The number of nitrogen functional groups attached to an aromatic ring is 10. The molecule has 0 bridgehead atoms. The summed E-state index contributed by atoms with van der Waals surface area (Å²) in [5.74, 6) is 0. The van der Waals surface area contributed by atoms with Gasteiger partial charge in [-0.25, -0.2) is 0 Å². The Hall–Kier alpha value is -8.50. The number of nitrogens with two attached hydrogens (primary N) is 10. The Labute approximate surface area is 344 Å². The maximum atomic E-state index is 6.94. The molecule has 0 unspecified atom stereocenters. The van der Waals surface area contributed by atoms with E-state index in [0.717, 1.165) is 98.4 Å². The van der Waals surface area contributed by atoms with Gasteiger partial charge in [-0.2, -0.15) is 0 Å². The average molecular weight is 783 g/mol. The van der Waals surface area contributed by atoms with Crippen LogP contribution < -0.4 is 57.3 Å². The summed E-state index contributed by atoms with van der Waals surface area (Å²) in [6.07, 6.45) is 0. The predicted molar refractivity (Wildman–Crippen MR) is 260 cm³/mol. The van der Waals surface area contributed by atoms with Crippen LogP contribution in [0.2, 0.25) is 0 Å². The molecule has 10 rings (SSSR count). The van der Waals surface area contributed by atoms with Gasteiger partial charge >= 0.3 is 0 Å². The Morgan fingerprint density at radius 2 is 0.333 bits per heavy atom. The molecule has 0 atom stereocenters. The number of rotatable bonds is 4. The molecule has 20 N–H and O–H groups in total. The fraction of sp³-hybridized carbons (Fsp3) is 0. The first kappa shape index (κ1) is 35.9. The second-order valence-electron chi connectivity index (χ2n) is 15.4. The second-order valence-corrected chi connectivity index (χ2v) is 15.4. The van der Waals surface area contributed by atoms with Crippen molar-refractivity contribution in [3.8, 4) is 44.5 Å². The SMILES string of the molecule is Nc1cccc2c(N)c(-c3ccc4c(N)c(-c5ccc6c(N)c(-c7ccc8c(N)c(-c9ccc%10c(N)cccc%10c9N)ccc8c7N)ccc6c5N)ccc4c3N)ccc12. The smallest absolute Gasteiger partial charge is 0.0474 e. The molecule has 0 amide bonds. The Morgan fingerprint density at radius 1 is 0.167 bits per heavy atom. The summed E-state index contributed by atoms with van der Waals surface area (Å²) in [4.78, 5) is 0. The number of hydrogen-bond acceptors (Lipinski definition) is 10. The first-order valence-corrected chi connectivity index (χ1v) is 19.4. The highest BCUT2D eigenvalue weighted by molar-refractivity contribution is 6.17. The van der Waals surface area contributed by atoms with Gasteiger partial charge in [-0.3, -0.25) is 0 Å². The zero-order chi connectivity index (χ0) is 41.7. The lowest BCUT2D eigenvalue weighted by Crippen LogP contribution is -2.01. The average Bonchev–Trinajstić information content (AvgIpc) is 3.24. The van der Waals surface area contributed by atoms with Gasteiger partial charge in [0, 0.05) is 155 Å². The summed E-state index contributed by atoms with van der Waals surface area (Å²) >= 11 is 0. The molecular weight excluding hydrogens is 741 g/mol. The minimum atomic E-state index is 0.548. The van der Waals surface area contributed by atoms with E-state index in [1.807, 2.05) is 133 Å². The van der Waals surface area contributed by atoms with E-state index in [2.05, 4.69) is 0 Å². The highest BCUT2D eigenvalue weighted by Gasteiger charge is 2.20. The molecule has 10 heteroatoms. The third-order valence-electron chi connectivity index (χ3n) is 12.3. The van der Waals surface area contributed by atoms with E-state index in [-0.39, 0.29) is 0 Å². The van der Waals surface area contributed by atoms with Crippen molar-refractivity contribution in [3.63, 3.8) is 0 Å². The van der Waals surface area contributed by atoms with Crippen LogP contribution in [0, 0.1) is 0 Å². The molecule has 10 aromatic rings. The monoisotopic (exact) mass is 782 g/mol. The molecule has 0 saturated carbocycles. The van der Waals surface area contributed by atoms with Crippen LogP contribution >= 0.6 is 0 Å². The fourth-order valence-corrected chi connectivity index (χ4v) is 9.05. The molecule has 292 valence electrons. The van der Waals surface area contributed by atoms with Crippen molar-refractivity contribution in [1.82, 2.24) is 0 Å². The van der Waals surface area contributed by atoms with Crippen LogP contribution in [0.4, 0.5) is 56.9 Å². The van der Waals surface area contributed by atoms with Crippen molar-refractivity contribution < 1.29 is 0 Å². The maximum Gasteiger partial charge on any atom is 0.0474 e. The van der Waals surface area contributed by atoms with Crippen LogP contribution in [0.3, 0.4) is 0 Å². The molecule has 0 aliphatic rings. The predicted octanol–water partition coefficient (Wildman–Crippen LogP) is 9.94. The van der Waals surface area contributed by atoms with Gasteiger partial charge in [0.05, 0.1) is 0 Å². The van der Waals surface area contributed by atoms with Gasteiger partial charge in [0.25, 0.3) is 0 Å². The lowest BCUT2D eigenvalue weighted by Gasteiger charge is -2.19. The summed E-state index contributed by atoms with van der Waals surface area (Å²) in [5.41, 5.74) is 79.5. The Morgan fingerprint density at radius 3 is 0.533 bits per heavy atom. The van der Waals surface area contributed by atoms with E-state index >= 15 is 0 Å². The molecule has 0 spiro atoms. The quantitative estimate of drug-likeness (QED) is 0.0755. The minimum Gasteiger partial charge on any atom is -0.398 e. The van der Waals surface area contributed by atoms with Crippen LogP contribution in [-0.4, -0.2) is 0 Å². The third kappa shape index (κ3) is 5.07. The van der Waals surface area contributed by atoms with Crippen molar-refractivity contribution in [1.29, 1.82) is 0 Å². The van der Waals surface area contributed by atoms with Gasteiger partial charge in [-0.15, -0.1) is 0 Å². The Bertz CT molecular complexity index is 3270. The van der Waals surface area contributed by atoms with Crippen molar-refractivity contribution in [2.75, 3.05) is 57.3 Å². The van der Waals surface area contributed by atoms with Gasteiger partial charge in [-0.05, 0) is 12.1 Å². The number of benzene rings is 10. The van der Waals surface area contributed by atoms with E-state index in [1.54, 1.807) is 0 Å². The number of anilines is 10. The molecule has 0 aromatic heterocycles. The summed E-state index contributed by atoms with van der Waals surface area (Å²) in [7, 11) is 0. The normalized spacial score (nSPS) is 11.7. The Balaban J connectivity index is 1.01. The molecule has 0 saturated heterocycles. The van der Waals surface area contributed by atoms with Gasteiger partial charge in [0.1, 0.15) is 0 Å². The summed E-state index contributed by atoms with van der Waals surface area (Å²) in [5, 5.41) is 8.34. The van der Waals surface area contributed by atoms with E-state index in [9.17, 15) is 0 Å². The standard InChI is InChI=1S/C50H42N10/c51-41-5-1-3-25-23(41)7-9-27(43(25)53)29-11-13-33-31(45(29)55)15-17-35(47(33)57)37-19-21-40-39(49(37)59)22-20-38(50(40)60)36-18-16-32-34(48(36)58)14-12-30(46(32)56)28-10-8-24-26(44(28)54)4-2-6-42(24)52/h1-22H,51-60H2. The van der Waals surface area contributed by atoms with E-state index < -0.39 is 0 Å². The summed E-state index contributed by atoms with van der Waals surface area (Å²) in [6.45, 7) is 0. The van der Waals surface area contributed by atoms with Gasteiger partial charge in [0.15, 0.2) is 0 Å². The first-order chi connectivity index (χ1) is 28.9. The molecule has 10 aromatic carbocycles. The molecule has 0 heterocycles. The summed E-state index contributed by atoms with van der Waals surface area (Å²) < 4.78 is 0. The summed E-state index contributed by atoms with van der Waals surface area (Å²) in [6, 6.07) is 42.8. The van der Waals surface area contributed by atoms with Crippen LogP contribution in [-0.2, 0) is 0 Å². The lowest BCUT2D eigenvalue weighted by molar-refractivity contribution is 1.62. The zero-order valence-electron chi connectivity index (χ0n) is 32.5. The number of fused-ring (bicyclic) bond motifs is 5. The van der Waals surface area contributed by atoms with Crippen molar-refractivity contribution in [2.45, 2.75) is 0 Å². The first-order valence-electron chi connectivity index (χ1n) is 19.4. The third-order valence-corrected chi connectivity index (χ3v) is 12.3. The largest absolute Gasteiger partial charge is 0.398 e. The van der Waals surface area contributed by atoms with Gasteiger partial charge in [0.2, 0.25) is 0 Å². The highest BCUT2D eigenvalue weighted by Crippen LogP contribution is 2.47. The molecule has 0 fully saturated rings. The van der Waals surface area contributed by atoms with Crippen molar-refractivity contribution >= 4 is 111 Å². The van der Waals surface area contributed by atoms with E-state index in [0.29, 0.717) is 56.9 Å². The number of hydrogen-bond donors (Lipinski definition) is 10. The maximum absolute atomic E-state index is 6.94. The van der Waals surface area contributed by atoms with Gasteiger partial charge in [-0.1, -0.05) is 121 Å². The van der Waals surface area contributed by atoms with Crippen LogP contribution in [0.25, 0.3) is 98.4 Å². The molecule has 0 radical (unpaired) electrons. The van der Waals surface area contributed by atoms with Crippen molar-refractivity contribution in [2.24, 2.45) is 0 Å². The molecule has 60 heavy (non-hydrogen) atoms. The van der Waals surface area contributed by atoms with Crippen LogP contribution in [0.1, 0.15) is 0 Å². The van der Waals surface area contributed by atoms with Crippen LogP contribution in [0.15, 0.2) is 133 Å². The molecule has 0 aliphatic carbocycles. The molecule has 0 aliphatic heterocycles. The topological polar surface area (TPSA) is 260 Å². The van der Waals surface area contributed by atoms with E-state index in [4.69, 9.17) is 57.3 Å². The second kappa shape index (κ2) is 13.0. The highest BCUT2D eigenvalue weighted by atomic mass is 14.7. The minimum absolute atomic E-state index is 0.548. The molecular formula is C50H42N10. The molecule has 10 nitrogen and oxygen atoms in total. The Kier molecular flexibility index (Phi) is 7.78. The van der Waals surface area contributed by atoms with Gasteiger partial charge < -0.3 is 57.3 Å². The lowest BCUT2D eigenvalue weighted by atomic mass is 9.89. The van der Waals surface area contributed by atoms with E-state index in [1.165, 1.54) is 0 Å².